The highest BCUT2D eigenvalue weighted by Crippen LogP contribution is 2.21. The topological polar surface area (TPSA) is 34.9 Å². The molecule has 1 aromatic carbocycles. The highest BCUT2D eigenvalue weighted by Gasteiger charge is 2.14. The number of hydrogen-bond acceptors (Lipinski definition) is 2. The Morgan fingerprint density at radius 3 is 2.94 bits per heavy atom. The molecule has 5 heteroatoms. The molecular formula is C12H10BrFN2O. The van der Waals surface area contributed by atoms with Crippen LogP contribution in [-0.2, 0) is 13.5 Å². The van der Waals surface area contributed by atoms with E-state index >= 15 is 0 Å². The molecule has 0 spiro atoms. The average molecular weight is 297 g/mol. The summed E-state index contributed by atoms with van der Waals surface area (Å²) in [7, 11) is 1.75. The zero-order chi connectivity index (χ0) is 12.4. The van der Waals surface area contributed by atoms with Gasteiger partial charge in [0.2, 0.25) is 5.78 Å². The standard InChI is InChI=1S/C12H10BrFN2O/c1-16-6-5-15-12(16)10(17)7-8-3-2-4-9(14)11(8)13/h2-6H,7H2,1H3. The molecule has 3 nitrogen and oxygen atoms in total. The van der Waals surface area contributed by atoms with Crippen molar-refractivity contribution >= 4 is 21.7 Å². The van der Waals surface area contributed by atoms with E-state index in [0.717, 1.165) is 0 Å². The molecule has 0 atom stereocenters. The maximum atomic E-state index is 13.3. The fourth-order valence-electron chi connectivity index (χ4n) is 1.57. The van der Waals surface area contributed by atoms with Crippen molar-refractivity contribution in [3.8, 4) is 0 Å². The summed E-state index contributed by atoms with van der Waals surface area (Å²) < 4.78 is 15.3. The smallest absolute Gasteiger partial charge is 0.202 e. The van der Waals surface area contributed by atoms with Gasteiger partial charge in [-0.1, -0.05) is 12.1 Å². The molecule has 17 heavy (non-hydrogen) atoms. The van der Waals surface area contributed by atoms with Crippen molar-refractivity contribution < 1.29 is 9.18 Å². The number of benzene rings is 1. The van der Waals surface area contributed by atoms with Crippen LogP contribution in [0.4, 0.5) is 4.39 Å². The lowest BCUT2D eigenvalue weighted by molar-refractivity contribution is 0.0980. The van der Waals surface area contributed by atoms with Crippen molar-refractivity contribution in [2.75, 3.05) is 0 Å². The van der Waals surface area contributed by atoms with E-state index in [1.807, 2.05) is 0 Å². The summed E-state index contributed by atoms with van der Waals surface area (Å²) in [5.74, 6) is -0.125. The van der Waals surface area contributed by atoms with Crippen LogP contribution in [0.2, 0.25) is 0 Å². The van der Waals surface area contributed by atoms with Gasteiger partial charge in [0, 0.05) is 25.9 Å². The van der Waals surface area contributed by atoms with Gasteiger partial charge in [-0.15, -0.1) is 0 Å². The number of carbonyl (C=O) groups is 1. The molecule has 0 N–H and O–H groups in total. The number of ketones is 1. The summed E-state index contributed by atoms with van der Waals surface area (Å²) in [5.41, 5.74) is 0.623. The molecule has 0 fully saturated rings. The van der Waals surface area contributed by atoms with Gasteiger partial charge in [-0.25, -0.2) is 9.37 Å². The molecule has 0 aliphatic heterocycles. The summed E-state index contributed by atoms with van der Waals surface area (Å²) in [6.07, 6.45) is 3.39. The number of Topliss-reactive ketones (excluding diaryl/α,β-unsaturated/α-hetero) is 1. The number of hydrogen-bond donors (Lipinski definition) is 0. The third-order valence-corrected chi connectivity index (χ3v) is 3.34. The zero-order valence-electron chi connectivity index (χ0n) is 9.15. The molecule has 0 amide bonds. The van der Waals surface area contributed by atoms with Crippen molar-refractivity contribution in [1.29, 1.82) is 0 Å². The predicted molar refractivity (Wildman–Crippen MR) is 65.3 cm³/mol. The molecule has 1 heterocycles. The highest BCUT2D eigenvalue weighted by atomic mass is 79.9. The van der Waals surface area contributed by atoms with Crippen LogP contribution in [0.3, 0.4) is 0 Å². The monoisotopic (exact) mass is 296 g/mol. The van der Waals surface area contributed by atoms with E-state index < -0.39 is 0 Å². The lowest BCUT2D eigenvalue weighted by Gasteiger charge is -2.04. The van der Waals surface area contributed by atoms with E-state index in [4.69, 9.17) is 0 Å². The van der Waals surface area contributed by atoms with Gasteiger partial charge >= 0.3 is 0 Å². The lowest BCUT2D eigenvalue weighted by Crippen LogP contribution is -2.10. The Hall–Kier alpha value is -1.49. The molecule has 0 saturated heterocycles. The van der Waals surface area contributed by atoms with Gasteiger partial charge in [0.1, 0.15) is 5.82 Å². The van der Waals surface area contributed by atoms with E-state index in [0.29, 0.717) is 15.9 Å². The van der Waals surface area contributed by atoms with Gasteiger partial charge < -0.3 is 4.57 Å². The molecule has 88 valence electrons. The maximum absolute atomic E-state index is 13.3. The van der Waals surface area contributed by atoms with Crippen LogP contribution in [0.5, 0.6) is 0 Å². The first-order chi connectivity index (χ1) is 8.09. The summed E-state index contributed by atoms with van der Waals surface area (Å²) in [6, 6.07) is 4.65. The SMILES string of the molecule is Cn1ccnc1C(=O)Cc1cccc(F)c1Br. The van der Waals surface area contributed by atoms with Crippen molar-refractivity contribution in [3.63, 3.8) is 0 Å². The fourth-order valence-corrected chi connectivity index (χ4v) is 1.98. The van der Waals surface area contributed by atoms with Crippen LogP contribution in [0, 0.1) is 5.82 Å². The number of aromatic nitrogens is 2. The Bertz CT molecular complexity index is 565. The van der Waals surface area contributed by atoms with Gasteiger partial charge in [0.25, 0.3) is 0 Å². The Labute approximate surface area is 106 Å². The molecule has 0 aliphatic rings. The molecule has 2 rings (SSSR count). The Morgan fingerprint density at radius 2 is 2.29 bits per heavy atom. The third kappa shape index (κ3) is 2.44. The second kappa shape index (κ2) is 4.79. The predicted octanol–water partition coefficient (Wildman–Crippen LogP) is 2.75. The number of nitrogens with zero attached hydrogens (tertiary/aromatic N) is 2. The van der Waals surface area contributed by atoms with E-state index in [1.54, 1.807) is 36.1 Å². The Morgan fingerprint density at radius 1 is 1.53 bits per heavy atom. The third-order valence-electron chi connectivity index (χ3n) is 2.45. The largest absolute Gasteiger partial charge is 0.332 e. The quantitative estimate of drug-likeness (QED) is 0.817. The molecular weight excluding hydrogens is 287 g/mol. The van der Waals surface area contributed by atoms with Gasteiger partial charge in [-0.2, -0.15) is 0 Å². The second-order valence-corrected chi connectivity index (χ2v) is 4.47. The summed E-state index contributed by atoms with van der Waals surface area (Å²) in [4.78, 5) is 15.9. The number of aryl methyl sites for hydroxylation is 1. The summed E-state index contributed by atoms with van der Waals surface area (Å²) in [6.45, 7) is 0. The van der Waals surface area contributed by atoms with Crippen LogP contribution in [0.1, 0.15) is 16.2 Å². The van der Waals surface area contributed by atoms with Crippen LogP contribution < -0.4 is 0 Å². The molecule has 0 aliphatic carbocycles. The first-order valence-electron chi connectivity index (χ1n) is 5.03. The van der Waals surface area contributed by atoms with Gasteiger partial charge in [0.05, 0.1) is 4.47 Å². The van der Waals surface area contributed by atoms with Crippen LogP contribution >= 0.6 is 15.9 Å². The van der Waals surface area contributed by atoms with Gasteiger partial charge in [-0.05, 0) is 27.6 Å². The molecule has 2 aromatic rings. The number of carbonyl (C=O) groups excluding carboxylic acids is 1. The number of halogens is 2. The number of imidazole rings is 1. The highest BCUT2D eigenvalue weighted by molar-refractivity contribution is 9.10. The van der Waals surface area contributed by atoms with Crippen molar-refractivity contribution in [2.45, 2.75) is 6.42 Å². The average Bonchev–Trinajstić information content (AvgIpc) is 2.71. The van der Waals surface area contributed by atoms with Gasteiger partial charge in [0.15, 0.2) is 5.82 Å². The zero-order valence-corrected chi connectivity index (χ0v) is 10.7. The van der Waals surface area contributed by atoms with Crippen molar-refractivity contribution in [1.82, 2.24) is 9.55 Å². The number of rotatable bonds is 3. The molecule has 0 radical (unpaired) electrons. The molecule has 0 saturated carbocycles. The maximum Gasteiger partial charge on any atom is 0.202 e. The normalized spacial score (nSPS) is 10.5. The molecule has 0 unspecified atom stereocenters. The van der Waals surface area contributed by atoms with Crippen LogP contribution in [0.25, 0.3) is 0 Å². The first kappa shape index (κ1) is 12.0. The van der Waals surface area contributed by atoms with Crippen molar-refractivity contribution in [3.05, 3.63) is 52.3 Å². The minimum absolute atomic E-state index is 0.128. The fraction of sp³-hybridized carbons (Fsp3) is 0.167. The van der Waals surface area contributed by atoms with E-state index in [1.165, 1.54) is 6.07 Å². The second-order valence-electron chi connectivity index (χ2n) is 3.67. The van der Waals surface area contributed by atoms with E-state index in [9.17, 15) is 9.18 Å². The van der Waals surface area contributed by atoms with Gasteiger partial charge in [-0.3, -0.25) is 4.79 Å². The minimum atomic E-state index is -0.366. The Balaban J connectivity index is 2.25. The van der Waals surface area contributed by atoms with Crippen LogP contribution in [0.15, 0.2) is 35.1 Å². The van der Waals surface area contributed by atoms with Crippen LogP contribution in [-0.4, -0.2) is 15.3 Å². The van der Waals surface area contributed by atoms with Crippen molar-refractivity contribution in [2.24, 2.45) is 7.05 Å². The van der Waals surface area contributed by atoms with E-state index in [2.05, 4.69) is 20.9 Å². The summed E-state index contributed by atoms with van der Waals surface area (Å²) in [5, 5.41) is 0. The summed E-state index contributed by atoms with van der Waals surface area (Å²) >= 11 is 3.14. The van der Waals surface area contributed by atoms with E-state index in [-0.39, 0.29) is 18.0 Å². The lowest BCUT2D eigenvalue weighted by atomic mass is 10.1. The Kier molecular flexibility index (Phi) is 3.38. The minimum Gasteiger partial charge on any atom is -0.332 e. The molecule has 1 aromatic heterocycles. The first-order valence-corrected chi connectivity index (χ1v) is 5.82. The molecule has 0 bridgehead atoms.